The maximum Gasteiger partial charge on any atom is 0.0540 e. The standard InChI is InChI=1S/C48H42N2/c1-3-17-37-31-41(49(39-23-7-5-8-24-39)47-29-15-21-35-19-11-13-27-43(35)47)34-46-38(18-4-2)32-42(33-45(37)46)50(40-25-9-6-10-26-40)48-30-16-22-36-20-12-14-28-44(36)48/h5-16,19-34H,3-4,17-18H2,1-2H3. The predicted molar refractivity (Wildman–Crippen MR) is 216 cm³/mol. The van der Waals surface area contributed by atoms with Gasteiger partial charge in [-0.05, 0) is 106 Å². The van der Waals surface area contributed by atoms with Crippen molar-refractivity contribution in [1.82, 2.24) is 0 Å². The molecule has 0 atom stereocenters. The van der Waals surface area contributed by atoms with Crippen molar-refractivity contribution in [2.45, 2.75) is 39.5 Å². The second-order valence-electron chi connectivity index (χ2n) is 13.1. The lowest BCUT2D eigenvalue weighted by Gasteiger charge is -2.30. The van der Waals surface area contributed by atoms with Crippen LogP contribution in [0.15, 0.2) is 170 Å². The summed E-state index contributed by atoms with van der Waals surface area (Å²) >= 11 is 0. The summed E-state index contributed by atoms with van der Waals surface area (Å²) in [6.07, 6.45) is 4.13. The molecular formula is C48H42N2. The number of rotatable bonds is 10. The minimum absolute atomic E-state index is 0.997. The van der Waals surface area contributed by atoms with E-state index in [1.54, 1.807) is 0 Å². The van der Waals surface area contributed by atoms with Gasteiger partial charge in [-0.2, -0.15) is 0 Å². The van der Waals surface area contributed by atoms with Crippen molar-refractivity contribution in [2.75, 3.05) is 9.80 Å². The van der Waals surface area contributed by atoms with E-state index < -0.39 is 0 Å². The molecule has 0 saturated carbocycles. The number of fused-ring (bicyclic) bond motifs is 3. The molecular weight excluding hydrogens is 605 g/mol. The zero-order valence-electron chi connectivity index (χ0n) is 28.9. The Morgan fingerprint density at radius 2 is 0.720 bits per heavy atom. The molecule has 244 valence electrons. The lowest BCUT2D eigenvalue weighted by molar-refractivity contribution is 0.922. The van der Waals surface area contributed by atoms with Crippen molar-refractivity contribution >= 4 is 66.4 Å². The monoisotopic (exact) mass is 646 g/mol. The maximum atomic E-state index is 2.46. The Morgan fingerprint density at radius 1 is 0.340 bits per heavy atom. The third kappa shape index (κ3) is 5.88. The molecule has 0 saturated heterocycles. The molecule has 0 aliphatic heterocycles. The molecule has 2 nitrogen and oxygen atoms in total. The molecule has 50 heavy (non-hydrogen) atoms. The molecule has 0 aliphatic rings. The fourth-order valence-electron chi connectivity index (χ4n) is 7.60. The summed E-state index contributed by atoms with van der Waals surface area (Å²) in [6, 6.07) is 62.2. The van der Waals surface area contributed by atoms with Crippen LogP contribution < -0.4 is 9.80 Å². The molecule has 2 heteroatoms. The molecule has 0 aromatic heterocycles. The van der Waals surface area contributed by atoms with Gasteiger partial charge in [0.1, 0.15) is 0 Å². The highest BCUT2D eigenvalue weighted by atomic mass is 15.1. The summed E-state index contributed by atoms with van der Waals surface area (Å²) < 4.78 is 0. The number of anilines is 6. The number of hydrogen-bond donors (Lipinski definition) is 0. The Hall–Kier alpha value is -5.86. The lowest BCUT2D eigenvalue weighted by atomic mass is 9.92. The first-order valence-corrected chi connectivity index (χ1v) is 18.0. The Bertz CT molecular complexity index is 2230. The summed E-state index contributed by atoms with van der Waals surface area (Å²) in [6.45, 7) is 4.59. The minimum atomic E-state index is 0.997. The first-order valence-electron chi connectivity index (χ1n) is 18.0. The smallest absolute Gasteiger partial charge is 0.0540 e. The predicted octanol–water partition coefficient (Wildman–Crippen LogP) is 14.0. The minimum Gasteiger partial charge on any atom is -0.310 e. The molecule has 0 N–H and O–H groups in total. The van der Waals surface area contributed by atoms with E-state index in [2.05, 4.69) is 194 Å². The van der Waals surface area contributed by atoms with Gasteiger partial charge in [-0.25, -0.2) is 0 Å². The average molecular weight is 647 g/mol. The Labute approximate surface area is 295 Å². The molecule has 0 spiro atoms. The third-order valence-electron chi connectivity index (χ3n) is 9.81. The number of benzene rings is 8. The zero-order chi connectivity index (χ0) is 33.9. The van der Waals surface area contributed by atoms with Gasteiger partial charge < -0.3 is 9.80 Å². The highest BCUT2D eigenvalue weighted by Crippen LogP contribution is 2.45. The highest BCUT2D eigenvalue weighted by Gasteiger charge is 2.21. The van der Waals surface area contributed by atoms with Crippen LogP contribution in [0.5, 0.6) is 0 Å². The van der Waals surface area contributed by atoms with Crippen LogP contribution in [-0.2, 0) is 12.8 Å². The molecule has 0 radical (unpaired) electrons. The van der Waals surface area contributed by atoms with Crippen molar-refractivity contribution in [3.63, 3.8) is 0 Å². The number of para-hydroxylation sites is 2. The highest BCUT2D eigenvalue weighted by molar-refractivity contribution is 6.04. The Kier molecular flexibility index (Phi) is 8.76. The van der Waals surface area contributed by atoms with Gasteiger partial charge in [0.15, 0.2) is 0 Å². The maximum absolute atomic E-state index is 2.46. The van der Waals surface area contributed by atoms with E-state index in [0.29, 0.717) is 0 Å². The van der Waals surface area contributed by atoms with E-state index in [0.717, 1.165) is 37.1 Å². The molecule has 0 amide bonds. The Morgan fingerprint density at radius 3 is 1.14 bits per heavy atom. The SMILES string of the molecule is CCCc1cc(N(c2ccccc2)c2cccc3ccccc23)cc2c(CCC)cc(N(c3ccccc3)c3cccc4ccccc34)cc12. The molecule has 0 aliphatic carbocycles. The van der Waals surface area contributed by atoms with Crippen LogP contribution in [-0.4, -0.2) is 0 Å². The fourth-order valence-corrected chi connectivity index (χ4v) is 7.60. The molecule has 0 unspecified atom stereocenters. The van der Waals surface area contributed by atoms with Gasteiger partial charge in [0.2, 0.25) is 0 Å². The normalized spacial score (nSPS) is 11.3. The summed E-state index contributed by atoms with van der Waals surface area (Å²) in [4.78, 5) is 4.91. The van der Waals surface area contributed by atoms with E-state index in [-0.39, 0.29) is 0 Å². The quantitative estimate of drug-likeness (QED) is 0.146. The summed E-state index contributed by atoms with van der Waals surface area (Å²) in [5, 5.41) is 7.65. The largest absolute Gasteiger partial charge is 0.310 e. The topological polar surface area (TPSA) is 6.48 Å². The molecule has 0 fully saturated rings. The average Bonchev–Trinajstić information content (AvgIpc) is 3.17. The first kappa shape index (κ1) is 31.4. The molecule has 8 aromatic carbocycles. The van der Waals surface area contributed by atoms with Crippen LogP contribution in [0, 0.1) is 0 Å². The van der Waals surface area contributed by atoms with Gasteiger partial charge in [0.25, 0.3) is 0 Å². The molecule has 0 heterocycles. The van der Waals surface area contributed by atoms with Crippen LogP contribution in [0.2, 0.25) is 0 Å². The van der Waals surface area contributed by atoms with E-state index in [9.17, 15) is 0 Å². The van der Waals surface area contributed by atoms with Crippen LogP contribution in [0.25, 0.3) is 32.3 Å². The molecule has 8 rings (SSSR count). The van der Waals surface area contributed by atoms with Crippen molar-refractivity contribution in [1.29, 1.82) is 0 Å². The first-order chi connectivity index (χ1) is 24.7. The van der Waals surface area contributed by atoms with E-state index in [1.807, 2.05) is 0 Å². The summed E-state index contributed by atoms with van der Waals surface area (Å²) in [5.74, 6) is 0. The summed E-state index contributed by atoms with van der Waals surface area (Å²) in [7, 11) is 0. The second kappa shape index (κ2) is 13.9. The summed E-state index contributed by atoms with van der Waals surface area (Å²) in [5.41, 5.74) is 9.85. The third-order valence-corrected chi connectivity index (χ3v) is 9.81. The number of hydrogen-bond acceptors (Lipinski definition) is 2. The van der Waals surface area contributed by atoms with Crippen LogP contribution >= 0.6 is 0 Å². The van der Waals surface area contributed by atoms with E-state index in [4.69, 9.17) is 0 Å². The number of aryl methyl sites for hydroxylation is 2. The molecule has 0 bridgehead atoms. The van der Waals surface area contributed by atoms with Gasteiger partial charge in [-0.15, -0.1) is 0 Å². The Balaban J connectivity index is 1.39. The number of nitrogens with zero attached hydrogens (tertiary/aromatic N) is 2. The second-order valence-corrected chi connectivity index (χ2v) is 13.1. The fraction of sp³-hybridized carbons (Fsp3) is 0.125. The van der Waals surface area contributed by atoms with Gasteiger partial charge >= 0.3 is 0 Å². The van der Waals surface area contributed by atoms with E-state index >= 15 is 0 Å². The van der Waals surface area contributed by atoms with Crippen molar-refractivity contribution in [3.05, 3.63) is 181 Å². The molecule has 8 aromatic rings. The van der Waals surface area contributed by atoms with E-state index in [1.165, 1.54) is 66.2 Å². The van der Waals surface area contributed by atoms with Crippen LogP contribution in [0.3, 0.4) is 0 Å². The zero-order valence-corrected chi connectivity index (χ0v) is 28.9. The lowest BCUT2D eigenvalue weighted by Crippen LogP contribution is -2.13. The van der Waals surface area contributed by atoms with Crippen LogP contribution in [0.4, 0.5) is 34.1 Å². The van der Waals surface area contributed by atoms with Gasteiger partial charge in [0.05, 0.1) is 11.4 Å². The van der Waals surface area contributed by atoms with Gasteiger partial charge in [0, 0.05) is 33.5 Å². The van der Waals surface area contributed by atoms with Crippen molar-refractivity contribution < 1.29 is 0 Å². The van der Waals surface area contributed by atoms with Crippen molar-refractivity contribution in [2.24, 2.45) is 0 Å². The van der Waals surface area contributed by atoms with Crippen molar-refractivity contribution in [3.8, 4) is 0 Å². The van der Waals surface area contributed by atoms with Crippen LogP contribution in [0.1, 0.15) is 37.8 Å². The van der Waals surface area contributed by atoms with Gasteiger partial charge in [-0.3, -0.25) is 0 Å². The van der Waals surface area contributed by atoms with Gasteiger partial charge in [-0.1, -0.05) is 136 Å².